The molecule has 0 aliphatic carbocycles. The minimum absolute atomic E-state index is 0.141. The molecule has 0 saturated carbocycles. The van der Waals surface area contributed by atoms with E-state index < -0.39 is 16.1 Å². The van der Waals surface area contributed by atoms with E-state index in [9.17, 15) is 18.3 Å². The van der Waals surface area contributed by atoms with Crippen molar-refractivity contribution in [2.45, 2.75) is 43.4 Å². The summed E-state index contributed by atoms with van der Waals surface area (Å²) in [7, 11) is -3.85. The number of nitrogens with one attached hydrogen (secondary N) is 1. The summed E-state index contributed by atoms with van der Waals surface area (Å²) < 4.78 is 33.2. The number of carbonyl (C=O) groups is 1. The van der Waals surface area contributed by atoms with Gasteiger partial charge in [-0.15, -0.1) is 0 Å². The molecule has 1 amide bonds. The maximum absolute atomic E-state index is 13.3. The molecule has 1 aliphatic heterocycles. The Balaban J connectivity index is 1.34. The van der Waals surface area contributed by atoms with Gasteiger partial charge in [-0.2, -0.15) is 0 Å². The zero-order valence-corrected chi connectivity index (χ0v) is 21.7. The third-order valence-electron chi connectivity index (χ3n) is 6.72. The second-order valence-corrected chi connectivity index (χ2v) is 11.2. The first-order valence-corrected chi connectivity index (χ1v) is 13.8. The van der Waals surface area contributed by atoms with Gasteiger partial charge in [-0.05, 0) is 43.5 Å². The highest BCUT2D eigenvalue weighted by molar-refractivity contribution is 7.90. The first kappa shape index (κ1) is 25.7. The number of carbonyl (C=O) groups excluding carboxylic acids is 1. The minimum atomic E-state index is -3.85. The van der Waals surface area contributed by atoms with Gasteiger partial charge in [0, 0.05) is 18.8 Å². The Morgan fingerprint density at radius 2 is 1.84 bits per heavy atom. The van der Waals surface area contributed by atoms with Crippen molar-refractivity contribution in [3.05, 3.63) is 84.3 Å². The van der Waals surface area contributed by atoms with Gasteiger partial charge >= 0.3 is 6.09 Å². The number of piperidine rings is 1. The molecule has 2 N–H and O–H groups in total. The fourth-order valence-electron chi connectivity index (χ4n) is 4.62. The van der Waals surface area contributed by atoms with Crippen LogP contribution in [0.3, 0.4) is 0 Å². The molecule has 0 spiro atoms. The van der Waals surface area contributed by atoms with E-state index in [1.807, 2.05) is 37.3 Å². The largest absolute Gasteiger partial charge is 0.445 e. The summed E-state index contributed by atoms with van der Waals surface area (Å²) in [5, 5.41) is 13.7. The Hall–Kier alpha value is -3.96. The maximum atomic E-state index is 13.3. The predicted octanol–water partition coefficient (Wildman–Crippen LogP) is 3.55. The highest BCUT2D eigenvalue weighted by atomic mass is 32.2. The van der Waals surface area contributed by atoms with Gasteiger partial charge in [0.1, 0.15) is 18.8 Å². The van der Waals surface area contributed by atoms with Gasteiger partial charge in [-0.25, -0.2) is 27.2 Å². The molecule has 38 heavy (non-hydrogen) atoms. The third kappa shape index (κ3) is 5.20. The number of amides is 1. The summed E-state index contributed by atoms with van der Waals surface area (Å²) in [4.78, 5) is 23.2. The van der Waals surface area contributed by atoms with Crippen LogP contribution in [0.5, 0.6) is 0 Å². The molecule has 1 saturated heterocycles. The quantitative estimate of drug-likeness (QED) is 0.368. The van der Waals surface area contributed by atoms with E-state index in [-0.39, 0.29) is 35.8 Å². The topological polar surface area (TPSA) is 127 Å². The zero-order valence-electron chi connectivity index (χ0n) is 20.9. The lowest BCUT2D eigenvalue weighted by atomic mass is 9.99. The first-order valence-electron chi connectivity index (χ1n) is 12.4. The fraction of sp³-hybridized carbons (Fsp3) is 0.296. The monoisotopic (exact) mass is 535 g/mol. The lowest BCUT2D eigenvalue weighted by Crippen LogP contribution is -2.52. The molecule has 10 nitrogen and oxygen atoms in total. The number of ether oxygens (including phenoxy) is 1. The van der Waals surface area contributed by atoms with Gasteiger partial charge in [-0.3, -0.25) is 0 Å². The molecular weight excluding hydrogens is 506 g/mol. The Morgan fingerprint density at radius 3 is 2.58 bits per heavy atom. The van der Waals surface area contributed by atoms with Crippen LogP contribution in [0.25, 0.3) is 11.0 Å². The summed E-state index contributed by atoms with van der Waals surface area (Å²) in [6, 6.07) is 17.2. The van der Waals surface area contributed by atoms with Crippen molar-refractivity contribution in [3.63, 3.8) is 0 Å². The number of hydrogen-bond acceptors (Lipinski definition) is 8. The van der Waals surface area contributed by atoms with Crippen molar-refractivity contribution in [1.82, 2.24) is 18.8 Å². The molecule has 198 valence electrons. The molecule has 1 aliphatic rings. The van der Waals surface area contributed by atoms with E-state index in [2.05, 4.69) is 15.3 Å². The number of aryl methyl sites for hydroxylation is 1. The summed E-state index contributed by atoms with van der Waals surface area (Å²) in [6.45, 7) is 2.17. The molecule has 5 rings (SSSR count). The number of aliphatic hydroxyl groups excluding tert-OH is 1. The highest BCUT2D eigenvalue weighted by Crippen LogP contribution is 2.27. The Bertz CT molecular complexity index is 1520. The average molecular weight is 536 g/mol. The first-order chi connectivity index (χ1) is 18.4. The van der Waals surface area contributed by atoms with Crippen molar-refractivity contribution in [2.24, 2.45) is 0 Å². The van der Waals surface area contributed by atoms with Crippen LogP contribution >= 0.6 is 0 Å². The smallest absolute Gasteiger partial charge is 0.410 e. The Kier molecular flexibility index (Phi) is 7.30. The molecule has 11 heteroatoms. The van der Waals surface area contributed by atoms with E-state index in [0.29, 0.717) is 30.6 Å². The lowest BCUT2D eigenvalue weighted by Gasteiger charge is -2.38. The van der Waals surface area contributed by atoms with Gasteiger partial charge in [-0.1, -0.05) is 48.0 Å². The fourth-order valence-corrected chi connectivity index (χ4v) is 5.92. The molecule has 2 aromatic carbocycles. The van der Waals surface area contributed by atoms with E-state index in [0.717, 1.165) is 15.1 Å². The van der Waals surface area contributed by atoms with E-state index in [1.165, 1.54) is 17.4 Å². The summed E-state index contributed by atoms with van der Waals surface area (Å²) >= 11 is 0. The van der Waals surface area contributed by atoms with Crippen LogP contribution in [0.1, 0.15) is 24.0 Å². The molecule has 1 fully saturated rings. The number of aromatic nitrogens is 3. The van der Waals surface area contributed by atoms with Crippen LogP contribution in [-0.2, 0) is 21.4 Å². The number of rotatable bonds is 7. The minimum Gasteiger partial charge on any atom is -0.445 e. The van der Waals surface area contributed by atoms with E-state index >= 15 is 0 Å². The number of aliphatic hydroxyl groups is 1. The summed E-state index contributed by atoms with van der Waals surface area (Å²) in [5.41, 5.74) is 2.09. The van der Waals surface area contributed by atoms with Crippen LogP contribution in [0.4, 0.5) is 10.6 Å². The van der Waals surface area contributed by atoms with Gasteiger partial charge in [0.15, 0.2) is 5.65 Å². The molecule has 3 heterocycles. The second kappa shape index (κ2) is 10.8. The van der Waals surface area contributed by atoms with Crippen molar-refractivity contribution < 1.29 is 23.1 Å². The number of fused-ring (bicyclic) bond motifs is 1. The summed E-state index contributed by atoms with van der Waals surface area (Å²) in [5.74, 6) is 0.470. The number of anilines is 1. The van der Waals surface area contributed by atoms with Crippen molar-refractivity contribution in [3.8, 4) is 0 Å². The SMILES string of the molecule is Cc1ccc(S(=O)(=O)n2ccc3c(N[C@@H]4CC[C@@H](CO)N(C(=O)OCc5ccccc5)C4)ncnc32)cc1. The predicted molar refractivity (Wildman–Crippen MR) is 142 cm³/mol. The number of benzene rings is 2. The number of nitrogens with zero attached hydrogens (tertiary/aromatic N) is 4. The van der Waals surface area contributed by atoms with E-state index in [1.54, 1.807) is 30.3 Å². The van der Waals surface area contributed by atoms with E-state index in [4.69, 9.17) is 4.74 Å². The molecule has 0 radical (unpaired) electrons. The van der Waals surface area contributed by atoms with Crippen molar-refractivity contribution >= 4 is 33.0 Å². The highest BCUT2D eigenvalue weighted by Gasteiger charge is 2.33. The lowest BCUT2D eigenvalue weighted by molar-refractivity contribution is 0.0471. The zero-order chi connectivity index (χ0) is 26.7. The van der Waals surface area contributed by atoms with Gasteiger partial charge < -0.3 is 20.1 Å². The molecule has 2 atom stereocenters. The van der Waals surface area contributed by atoms with Gasteiger partial charge in [0.25, 0.3) is 10.0 Å². The third-order valence-corrected chi connectivity index (χ3v) is 8.40. The molecule has 0 unspecified atom stereocenters. The second-order valence-electron chi connectivity index (χ2n) is 9.34. The summed E-state index contributed by atoms with van der Waals surface area (Å²) in [6.07, 6.45) is 3.54. The number of hydrogen-bond donors (Lipinski definition) is 2. The molecule has 2 aromatic heterocycles. The van der Waals surface area contributed by atoms with Crippen LogP contribution in [-0.4, -0.2) is 63.7 Å². The maximum Gasteiger partial charge on any atom is 0.410 e. The van der Waals surface area contributed by atoms with Gasteiger partial charge in [0.05, 0.1) is 22.9 Å². The van der Waals surface area contributed by atoms with Crippen LogP contribution in [0.2, 0.25) is 0 Å². The normalized spacial score (nSPS) is 17.9. The molecular formula is C27H29N5O5S. The average Bonchev–Trinajstić information content (AvgIpc) is 3.39. The Morgan fingerprint density at radius 1 is 1.08 bits per heavy atom. The van der Waals surface area contributed by atoms with Crippen LogP contribution in [0, 0.1) is 6.92 Å². The standard InChI is InChI=1S/C27H29N5O5S/c1-19-7-11-23(12-8-19)38(35,36)32-14-13-24-25(28-18-29-26(24)32)30-21-9-10-22(16-33)31(15-21)27(34)37-17-20-5-3-2-4-6-20/h2-8,11-14,18,21-22,33H,9-10,15-17H2,1H3,(H,28,29,30)/t21-,22+/m1/s1. The van der Waals surface area contributed by atoms with Crippen LogP contribution in [0.15, 0.2) is 78.1 Å². The Labute approximate surface area is 221 Å². The number of likely N-dealkylation sites (tertiary alicyclic amines) is 1. The van der Waals surface area contributed by atoms with Crippen molar-refractivity contribution in [2.75, 3.05) is 18.5 Å². The molecule has 0 bridgehead atoms. The van der Waals surface area contributed by atoms with Crippen molar-refractivity contribution in [1.29, 1.82) is 0 Å². The molecule has 4 aromatic rings. The van der Waals surface area contributed by atoms with Gasteiger partial charge in [0.2, 0.25) is 0 Å². The van der Waals surface area contributed by atoms with Crippen LogP contribution < -0.4 is 5.32 Å².